The number of esters is 1. The molecule has 0 fully saturated rings. The van der Waals surface area contributed by atoms with Crippen LogP contribution in [0.15, 0.2) is 0 Å². The molecular weight excluding hydrogens is 198 g/mol. The molecule has 5 heteroatoms. The van der Waals surface area contributed by atoms with Crippen LogP contribution in [0.2, 0.25) is 0 Å². The normalized spacial score (nSPS) is 13.3. The van der Waals surface area contributed by atoms with E-state index in [1.165, 1.54) is 7.11 Å². The highest BCUT2D eigenvalue weighted by Crippen LogP contribution is 2.08. The third-order valence-corrected chi connectivity index (χ3v) is 2.09. The molecule has 15 heavy (non-hydrogen) atoms. The van der Waals surface area contributed by atoms with E-state index in [0.29, 0.717) is 6.42 Å². The van der Waals surface area contributed by atoms with Crippen LogP contribution in [0.5, 0.6) is 0 Å². The van der Waals surface area contributed by atoms with Crippen LogP contribution in [0.1, 0.15) is 33.6 Å². The molecule has 0 bridgehead atoms. The molecule has 0 aromatic rings. The minimum atomic E-state index is -0.834. The van der Waals surface area contributed by atoms with Gasteiger partial charge in [-0.25, -0.2) is 0 Å². The molecule has 0 heterocycles. The Labute approximate surface area is 89.8 Å². The van der Waals surface area contributed by atoms with E-state index in [0.717, 1.165) is 0 Å². The smallest absolute Gasteiger partial charge is 0.325 e. The van der Waals surface area contributed by atoms with Crippen molar-refractivity contribution in [1.29, 1.82) is 0 Å². The van der Waals surface area contributed by atoms with Gasteiger partial charge >= 0.3 is 11.9 Å². The van der Waals surface area contributed by atoms with E-state index in [1.807, 2.05) is 6.92 Å². The van der Waals surface area contributed by atoms with Crippen molar-refractivity contribution < 1.29 is 19.4 Å². The number of hydrogen-bond acceptors (Lipinski definition) is 4. The SMILES string of the molecule is COC(=O)C(C)(C)NC(C)CCC(=O)O. The second-order valence-corrected chi connectivity index (χ2v) is 4.09. The van der Waals surface area contributed by atoms with Crippen LogP contribution in [0.3, 0.4) is 0 Å². The Hall–Kier alpha value is -1.10. The highest BCUT2D eigenvalue weighted by molar-refractivity contribution is 5.79. The second kappa shape index (κ2) is 5.70. The first-order valence-electron chi connectivity index (χ1n) is 4.87. The molecule has 5 nitrogen and oxygen atoms in total. The largest absolute Gasteiger partial charge is 0.481 e. The monoisotopic (exact) mass is 217 g/mol. The van der Waals surface area contributed by atoms with Crippen LogP contribution >= 0.6 is 0 Å². The van der Waals surface area contributed by atoms with Crippen LogP contribution in [0.4, 0.5) is 0 Å². The molecule has 0 aliphatic rings. The molecule has 0 radical (unpaired) electrons. The van der Waals surface area contributed by atoms with Crippen LogP contribution < -0.4 is 5.32 Å². The van der Waals surface area contributed by atoms with Crippen molar-refractivity contribution in [3.8, 4) is 0 Å². The van der Waals surface area contributed by atoms with Crippen LogP contribution in [-0.2, 0) is 14.3 Å². The third-order valence-electron chi connectivity index (χ3n) is 2.09. The van der Waals surface area contributed by atoms with Crippen LogP contribution in [0.25, 0.3) is 0 Å². The first kappa shape index (κ1) is 13.9. The number of carboxylic acids is 1. The van der Waals surface area contributed by atoms with E-state index >= 15 is 0 Å². The van der Waals surface area contributed by atoms with Crippen molar-refractivity contribution in [3.05, 3.63) is 0 Å². The van der Waals surface area contributed by atoms with Crippen LogP contribution in [-0.4, -0.2) is 35.7 Å². The fraction of sp³-hybridized carbons (Fsp3) is 0.800. The van der Waals surface area contributed by atoms with Gasteiger partial charge in [-0.15, -0.1) is 0 Å². The fourth-order valence-corrected chi connectivity index (χ4v) is 1.34. The minimum absolute atomic E-state index is 0.0461. The Kier molecular flexibility index (Phi) is 5.28. The molecule has 0 aromatic heterocycles. The first-order chi connectivity index (χ1) is 6.79. The summed E-state index contributed by atoms with van der Waals surface area (Å²) < 4.78 is 4.62. The summed E-state index contributed by atoms with van der Waals surface area (Å²) >= 11 is 0. The van der Waals surface area contributed by atoms with Crippen molar-refractivity contribution in [2.24, 2.45) is 0 Å². The number of nitrogens with one attached hydrogen (secondary N) is 1. The summed E-state index contributed by atoms with van der Waals surface area (Å²) in [5.74, 6) is -1.19. The maximum absolute atomic E-state index is 11.3. The van der Waals surface area contributed by atoms with Gasteiger partial charge in [-0.3, -0.25) is 14.9 Å². The summed E-state index contributed by atoms with van der Waals surface area (Å²) in [4.78, 5) is 21.6. The summed E-state index contributed by atoms with van der Waals surface area (Å²) in [6.07, 6.45) is 0.571. The molecule has 0 spiro atoms. The lowest BCUT2D eigenvalue weighted by atomic mass is 10.0. The van der Waals surface area contributed by atoms with Gasteiger partial charge in [0, 0.05) is 12.5 Å². The minimum Gasteiger partial charge on any atom is -0.481 e. The first-order valence-corrected chi connectivity index (χ1v) is 4.87. The highest BCUT2D eigenvalue weighted by Gasteiger charge is 2.29. The zero-order valence-electron chi connectivity index (χ0n) is 9.66. The van der Waals surface area contributed by atoms with E-state index in [-0.39, 0.29) is 18.4 Å². The lowest BCUT2D eigenvalue weighted by molar-refractivity contribution is -0.147. The molecule has 0 aliphatic heterocycles. The van der Waals surface area contributed by atoms with Gasteiger partial charge in [0.05, 0.1) is 7.11 Å². The van der Waals surface area contributed by atoms with Crippen molar-refractivity contribution in [2.45, 2.75) is 45.2 Å². The topological polar surface area (TPSA) is 75.6 Å². The van der Waals surface area contributed by atoms with E-state index in [1.54, 1.807) is 13.8 Å². The maximum atomic E-state index is 11.3. The van der Waals surface area contributed by atoms with E-state index in [2.05, 4.69) is 10.1 Å². The number of ether oxygens (including phenoxy) is 1. The molecular formula is C10H19NO4. The number of methoxy groups -OCH3 is 1. The molecule has 0 aliphatic carbocycles. The van der Waals surface area contributed by atoms with Gasteiger partial charge in [-0.1, -0.05) is 0 Å². The van der Waals surface area contributed by atoms with E-state index < -0.39 is 11.5 Å². The van der Waals surface area contributed by atoms with Gasteiger partial charge in [-0.2, -0.15) is 0 Å². The van der Waals surface area contributed by atoms with Crippen molar-refractivity contribution in [2.75, 3.05) is 7.11 Å². The lowest BCUT2D eigenvalue weighted by Crippen LogP contribution is -2.51. The second-order valence-electron chi connectivity index (χ2n) is 4.09. The average molecular weight is 217 g/mol. The highest BCUT2D eigenvalue weighted by atomic mass is 16.5. The fourth-order valence-electron chi connectivity index (χ4n) is 1.34. The van der Waals surface area contributed by atoms with Gasteiger partial charge in [0.2, 0.25) is 0 Å². The van der Waals surface area contributed by atoms with Gasteiger partial charge in [0.1, 0.15) is 5.54 Å². The molecule has 0 aromatic carbocycles. The summed E-state index contributed by atoms with van der Waals surface area (Å²) in [6, 6.07) is -0.0461. The molecule has 1 atom stereocenters. The number of carboxylic acid groups (broad SMARTS) is 1. The summed E-state index contributed by atoms with van der Waals surface area (Å²) in [5.41, 5.74) is -0.785. The average Bonchev–Trinajstić information content (AvgIpc) is 2.12. The predicted molar refractivity (Wildman–Crippen MR) is 55.6 cm³/mol. The van der Waals surface area contributed by atoms with E-state index in [4.69, 9.17) is 5.11 Å². The van der Waals surface area contributed by atoms with Gasteiger partial charge in [0.25, 0.3) is 0 Å². The number of carbonyl (C=O) groups excluding carboxylic acids is 1. The Balaban J connectivity index is 4.09. The van der Waals surface area contributed by atoms with E-state index in [9.17, 15) is 9.59 Å². The van der Waals surface area contributed by atoms with Crippen molar-refractivity contribution in [1.82, 2.24) is 5.32 Å². The zero-order valence-corrected chi connectivity index (χ0v) is 9.66. The molecule has 88 valence electrons. The van der Waals surface area contributed by atoms with Crippen LogP contribution in [0, 0.1) is 0 Å². The molecule has 0 saturated heterocycles. The number of aliphatic carboxylic acids is 1. The maximum Gasteiger partial charge on any atom is 0.325 e. The zero-order chi connectivity index (χ0) is 12.1. The predicted octanol–water partition coefficient (Wildman–Crippen LogP) is 0.781. The Morgan fingerprint density at radius 3 is 2.40 bits per heavy atom. The van der Waals surface area contributed by atoms with Gasteiger partial charge < -0.3 is 9.84 Å². The molecule has 0 amide bonds. The number of carbonyl (C=O) groups is 2. The van der Waals surface area contributed by atoms with Crippen molar-refractivity contribution in [3.63, 3.8) is 0 Å². The van der Waals surface area contributed by atoms with Gasteiger partial charge in [-0.05, 0) is 27.2 Å². The summed E-state index contributed by atoms with van der Waals surface area (Å²) in [5, 5.41) is 11.5. The number of hydrogen-bond donors (Lipinski definition) is 2. The third kappa shape index (κ3) is 5.37. The molecule has 2 N–H and O–H groups in total. The molecule has 1 unspecified atom stereocenters. The standard InChI is InChI=1S/C10H19NO4/c1-7(5-6-8(12)13)11-10(2,3)9(14)15-4/h7,11H,5-6H2,1-4H3,(H,12,13). The number of rotatable bonds is 6. The Morgan fingerprint density at radius 1 is 1.47 bits per heavy atom. The Morgan fingerprint density at radius 2 is 2.00 bits per heavy atom. The summed E-state index contributed by atoms with van der Waals surface area (Å²) in [7, 11) is 1.33. The molecule has 0 saturated carbocycles. The quantitative estimate of drug-likeness (QED) is 0.643. The van der Waals surface area contributed by atoms with Crippen molar-refractivity contribution >= 4 is 11.9 Å². The lowest BCUT2D eigenvalue weighted by Gasteiger charge is -2.27. The summed E-state index contributed by atoms with van der Waals surface area (Å²) in [6.45, 7) is 5.25. The molecule has 0 rings (SSSR count). The Bertz CT molecular complexity index is 238. The van der Waals surface area contributed by atoms with Gasteiger partial charge in [0.15, 0.2) is 0 Å².